The van der Waals surface area contributed by atoms with Crippen LogP contribution in [0.15, 0.2) is 30.3 Å². The fourth-order valence-corrected chi connectivity index (χ4v) is 2.23. The van der Waals surface area contributed by atoms with Gasteiger partial charge in [0.1, 0.15) is 5.75 Å². The third kappa shape index (κ3) is 3.85. The molecule has 0 aliphatic carbocycles. The zero-order valence-electron chi connectivity index (χ0n) is 12.4. The lowest BCUT2D eigenvalue weighted by molar-refractivity contribution is -0.156. The highest BCUT2D eigenvalue weighted by atomic mass is 16.5. The standard InChI is InChI=1S/C16H19NO5/c1-2-22-14-6-4-3-5-12(14)7-8-15(18)17-9-10-21-11-13(17)16(19)20/h3-8,13H,2,9-11H2,1H3,(H,19,20)/b8-7+. The molecule has 1 aromatic rings. The zero-order valence-corrected chi connectivity index (χ0v) is 12.4. The van der Waals surface area contributed by atoms with Crippen molar-refractivity contribution in [3.05, 3.63) is 35.9 Å². The van der Waals surface area contributed by atoms with E-state index in [1.165, 1.54) is 11.0 Å². The number of hydrogen-bond donors (Lipinski definition) is 1. The summed E-state index contributed by atoms with van der Waals surface area (Å²) < 4.78 is 10.6. The van der Waals surface area contributed by atoms with E-state index < -0.39 is 12.0 Å². The fraction of sp³-hybridized carbons (Fsp3) is 0.375. The molecule has 0 saturated carbocycles. The predicted molar refractivity (Wildman–Crippen MR) is 80.6 cm³/mol. The topological polar surface area (TPSA) is 76.1 Å². The number of aliphatic carboxylic acids is 1. The van der Waals surface area contributed by atoms with Crippen LogP contribution in [0.1, 0.15) is 12.5 Å². The van der Waals surface area contributed by atoms with Crippen LogP contribution in [0.4, 0.5) is 0 Å². The second kappa shape index (κ2) is 7.61. The first-order valence-electron chi connectivity index (χ1n) is 7.14. The minimum absolute atomic E-state index is 0.0183. The van der Waals surface area contributed by atoms with Gasteiger partial charge >= 0.3 is 5.97 Å². The van der Waals surface area contributed by atoms with Crippen molar-refractivity contribution in [1.29, 1.82) is 0 Å². The highest BCUT2D eigenvalue weighted by Gasteiger charge is 2.31. The molecule has 1 saturated heterocycles. The Morgan fingerprint density at radius 1 is 1.45 bits per heavy atom. The summed E-state index contributed by atoms with van der Waals surface area (Å²) in [5.41, 5.74) is 0.776. The maximum atomic E-state index is 12.2. The summed E-state index contributed by atoms with van der Waals surface area (Å²) in [5, 5.41) is 9.14. The molecule has 1 aliphatic heterocycles. The van der Waals surface area contributed by atoms with Crippen LogP contribution in [-0.4, -0.2) is 54.3 Å². The lowest BCUT2D eigenvalue weighted by atomic mass is 10.1. The van der Waals surface area contributed by atoms with E-state index in [1.54, 1.807) is 6.08 Å². The molecule has 0 radical (unpaired) electrons. The number of para-hydroxylation sites is 1. The summed E-state index contributed by atoms with van der Waals surface area (Å²) in [4.78, 5) is 24.7. The molecule has 1 fully saturated rings. The average molecular weight is 305 g/mol. The SMILES string of the molecule is CCOc1ccccc1/C=C/C(=O)N1CCOCC1C(=O)O. The van der Waals surface area contributed by atoms with E-state index >= 15 is 0 Å². The van der Waals surface area contributed by atoms with Crippen molar-refractivity contribution >= 4 is 18.0 Å². The van der Waals surface area contributed by atoms with E-state index in [0.717, 1.165) is 5.56 Å². The molecule has 1 unspecified atom stereocenters. The van der Waals surface area contributed by atoms with E-state index in [1.807, 2.05) is 31.2 Å². The highest BCUT2D eigenvalue weighted by Crippen LogP contribution is 2.19. The summed E-state index contributed by atoms with van der Waals surface area (Å²) >= 11 is 0. The van der Waals surface area contributed by atoms with Gasteiger partial charge in [0.25, 0.3) is 0 Å². The molecule has 22 heavy (non-hydrogen) atoms. The van der Waals surface area contributed by atoms with Gasteiger partial charge in [-0.25, -0.2) is 4.79 Å². The van der Waals surface area contributed by atoms with Gasteiger partial charge in [-0.3, -0.25) is 4.79 Å². The number of amides is 1. The molecule has 0 aromatic heterocycles. The molecule has 1 aliphatic rings. The lowest BCUT2D eigenvalue weighted by Gasteiger charge is -2.32. The Morgan fingerprint density at radius 2 is 2.23 bits per heavy atom. The fourth-order valence-electron chi connectivity index (χ4n) is 2.23. The highest BCUT2D eigenvalue weighted by molar-refractivity contribution is 5.94. The van der Waals surface area contributed by atoms with Gasteiger partial charge in [0.15, 0.2) is 6.04 Å². The Bertz CT molecular complexity index is 569. The first-order chi connectivity index (χ1) is 10.6. The normalized spacial score (nSPS) is 18.4. The molecule has 1 N–H and O–H groups in total. The van der Waals surface area contributed by atoms with Crippen LogP contribution < -0.4 is 4.74 Å². The Labute approximate surface area is 128 Å². The first-order valence-corrected chi connectivity index (χ1v) is 7.14. The minimum Gasteiger partial charge on any atom is -0.493 e. The van der Waals surface area contributed by atoms with Crippen LogP contribution in [0.25, 0.3) is 6.08 Å². The summed E-state index contributed by atoms with van der Waals surface area (Å²) in [7, 11) is 0. The summed E-state index contributed by atoms with van der Waals surface area (Å²) in [6.45, 7) is 3.05. The zero-order chi connectivity index (χ0) is 15.9. The first kappa shape index (κ1) is 16.0. The van der Waals surface area contributed by atoms with Crippen molar-refractivity contribution in [1.82, 2.24) is 4.90 Å². The molecule has 0 spiro atoms. The van der Waals surface area contributed by atoms with Crippen molar-refractivity contribution in [3.8, 4) is 5.75 Å². The van der Waals surface area contributed by atoms with E-state index in [-0.39, 0.29) is 19.1 Å². The Kier molecular flexibility index (Phi) is 5.55. The number of hydrogen-bond acceptors (Lipinski definition) is 4. The molecule has 2 rings (SSSR count). The van der Waals surface area contributed by atoms with E-state index in [0.29, 0.717) is 19.0 Å². The molecule has 1 atom stereocenters. The lowest BCUT2D eigenvalue weighted by Crippen LogP contribution is -2.52. The molecular formula is C16H19NO5. The van der Waals surface area contributed by atoms with Crippen LogP contribution >= 0.6 is 0 Å². The maximum Gasteiger partial charge on any atom is 0.328 e. The number of ether oxygens (including phenoxy) is 2. The third-order valence-corrected chi connectivity index (χ3v) is 3.32. The number of rotatable bonds is 5. The van der Waals surface area contributed by atoms with Crippen molar-refractivity contribution in [2.24, 2.45) is 0 Å². The van der Waals surface area contributed by atoms with Crippen LogP contribution in [0.2, 0.25) is 0 Å². The Hall–Kier alpha value is -2.34. The summed E-state index contributed by atoms with van der Waals surface area (Å²) in [5.74, 6) is -0.719. The van der Waals surface area contributed by atoms with Gasteiger partial charge in [-0.15, -0.1) is 0 Å². The number of carbonyl (C=O) groups is 2. The van der Waals surface area contributed by atoms with Crippen LogP contribution in [-0.2, 0) is 14.3 Å². The number of carboxylic acids is 1. The summed E-state index contributed by atoms with van der Waals surface area (Å²) in [6, 6.07) is 6.42. The number of benzene rings is 1. The van der Waals surface area contributed by atoms with E-state index in [2.05, 4.69) is 0 Å². The Balaban J connectivity index is 2.12. The number of carbonyl (C=O) groups excluding carboxylic acids is 1. The van der Waals surface area contributed by atoms with Crippen molar-refractivity contribution in [2.45, 2.75) is 13.0 Å². The quantitative estimate of drug-likeness (QED) is 0.832. The largest absolute Gasteiger partial charge is 0.493 e. The van der Waals surface area contributed by atoms with Gasteiger partial charge in [0.2, 0.25) is 5.91 Å². The number of nitrogens with zero attached hydrogens (tertiary/aromatic N) is 1. The smallest absolute Gasteiger partial charge is 0.328 e. The third-order valence-electron chi connectivity index (χ3n) is 3.32. The van der Waals surface area contributed by atoms with Gasteiger partial charge in [-0.2, -0.15) is 0 Å². The second-order valence-corrected chi connectivity index (χ2v) is 4.76. The predicted octanol–water partition coefficient (Wildman–Crippen LogP) is 1.41. The van der Waals surface area contributed by atoms with Crippen molar-refractivity contribution in [3.63, 3.8) is 0 Å². The van der Waals surface area contributed by atoms with Gasteiger partial charge in [-0.05, 0) is 19.1 Å². The van der Waals surface area contributed by atoms with Crippen LogP contribution in [0.5, 0.6) is 5.75 Å². The Morgan fingerprint density at radius 3 is 2.95 bits per heavy atom. The molecule has 1 aromatic carbocycles. The molecular weight excluding hydrogens is 286 g/mol. The monoisotopic (exact) mass is 305 g/mol. The molecule has 6 heteroatoms. The molecule has 0 bridgehead atoms. The molecule has 6 nitrogen and oxygen atoms in total. The van der Waals surface area contributed by atoms with Gasteiger partial charge in [0.05, 0.1) is 19.8 Å². The molecule has 118 valence electrons. The van der Waals surface area contributed by atoms with Gasteiger partial charge in [0, 0.05) is 18.2 Å². The van der Waals surface area contributed by atoms with Crippen molar-refractivity contribution in [2.75, 3.05) is 26.4 Å². The second-order valence-electron chi connectivity index (χ2n) is 4.76. The molecule has 1 heterocycles. The van der Waals surface area contributed by atoms with Gasteiger partial charge in [-0.1, -0.05) is 18.2 Å². The molecule has 1 amide bonds. The minimum atomic E-state index is -1.06. The van der Waals surface area contributed by atoms with Gasteiger partial charge < -0.3 is 19.5 Å². The average Bonchev–Trinajstić information content (AvgIpc) is 2.54. The van der Waals surface area contributed by atoms with Crippen LogP contribution in [0, 0.1) is 0 Å². The van der Waals surface area contributed by atoms with E-state index in [9.17, 15) is 9.59 Å². The number of morpholine rings is 1. The maximum absolute atomic E-state index is 12.2. The number of carboxylic acid groups (broad SMARTS) is 1. The van der Waals surface area contributed by atoms with Crippen molar-refractivity contribution < 1.29 is 24.2 Å². The summed E-state index contributed by atoms with van der Waals surface area (Å²) in [6.07, 6.45) is 3.01. The van der Waals surface area contributed by atoms with E-state index in [4.69, 9.17) is 14.6 Å². The van der Waals surface area contributed by atoms with Crippen LogP contribution in [0.3, 0.4) is 0 Å².